The Balaban J connectivity index is 1.53. The van der Waals surface area contributed by atoms with Gasteiger partial charge in [-0.2, -0.15) is 5.10 Å². The molecule has 0 bridgehead atoms. The number of nitrogens with two attached hydrogens (primary N) is 1. The molecule has 0 spiro atoms. The first-order chi connectivity index (χ1) is 18.2. The van der Waals surface area contributed by atoms with Gasteiger partial charge in [0.15, 0.2) is 0 Å². The van der Waals surface area contributed by atoms with Crippen LogP contribution in [0, 0.1) is 0 Å². The van der Waals surface area contributed by atoms with E-state index in [1.54, 1.807) is 12.1 Å². The number of allylic oxidation sites excluding steroid dienone is 1. The molecule has 186 valence electrons. The Labute approximate surface area is 217 Å². The van der Waals surface area contributed by atoms with Gasteiger partial charge in [0.2, 0.25) is 0 Å². The van der Waals surface area contributed by atoms with E-state index in [2.05, 4.69) is 30.3 Å². The second-order valence-corrected chi connectivity index (χ2v) is 8.92. The number of methoxy groups -OCH3 is 1. The molecule has 1 heterocycles. The molecule has 2 N–H and O–H groups in total. The van der Waals surface area contributed by atoms with Crippen LogP contribution >= 0.6 is 0 Å². The van der Waals surface area contributed by atoms with Gasteiger partial charge in [0.05, 0.1) is 25.1 Å². The van der Waals surface area contributed by atoms with E-state index < -0.39 is 0 Å². The standard InChI is InChI=1S/C31H30N4O2/c1-37-27-16-12-23(13-17-27)14-18-29-28-9-4-5-10-30(28)34(31(36)35(33-29)20-6-19-32)22-24-11-15-25-7-2-3-8-26(25)21-24/h2-5,7-18,21H,6,19-20,22,32H2,1H3/b18-14+. The van der Waals surface area contributed by atoms with E-state index in [1.807, 2.05) is 77.7 Å². The Morgan fingerprint density at radius 2 is 1.65 bits per heavy atom. The molecule has 1 aliphatic heterocycles. The molecule has 4 aromatic rings. The van der Waals surface area contributed by atoms with Gasteiger partial charge < -0.3 is 10.5 Å². The van der Waals surface area contributed by atoms with Crippen LogP contribution in [0.4, 0.5) is 10.5 Å². The van der Waals surface area contributed by atoms with E-state index in [9.17, 15) is 4.79 Å². The van der Waals surface area contributed by atoms with E-state index in [1.165, 1.54) is 5.39 Å². The van der Waals surface area contributed by atoms with Gasteiger partial charge in [0.1, 0.15) is 5.75 Å². The third kappa shape index (κ3) is 5.39. The zero-order valence-electron chi connectivity index (χ0n) is 20.9. The van der Waals surface area contributed by atoms with Crippen LogP contribution in [0.5, 0.6) is 5.75 Å². The molecule has 0 fully saturated rings. The van der Waals surface area contributed by atoms with Crippen LogP contribution in [0.1, 0.15) is 23.1 Å². The first-order valence-corrected chi connectivity index (χ1v) is 12.4. The van der Waals surface area contributed by atoms with Gasteiger partial charge in [0, 0.05) is 12.1 Å². The van der Waals surface area contributed by atoms with Crippen LogP contribution in [-0.2, 0) is 6.54 Å². The highest BCUT2D eigenvalue weighted by Crippen LogP contribution is 2.29. The highest BCUT2D eigenvalue weighted by atomic mass is 16.5. The predicted molar refractivity (Wildman–Crippen MR) is 151 cm³/mol. The lowest BCUT2D eigenvalue weighted by Crippen LogP contribution is -2.40. The number of amides is 2. The minimum Gasteiger partial charge on any atom is -0.497 e. The van der Waals surface area contributed by atoms with Gasteiger partial charge in [-0.05, 0) is 65.2 Å². The highest BCUT2D eigenvalue weighted by molar-refractivity contribution is 6.17. The average molecular weight is 491 g/mol. The Bertz CT molecular complexity index is 1460. The van der Waals surface area contributed by atoms with E-state index >= 15 is 0 Å². The van der Waals surface area contributed by atoms with Gasteiger partial charge in [-0.3, -0.25) is 4.90 Å². The smallest absolute Gasteiger partial charge is 0.345 e. The summed E-state index contributed by atoms with van der Waals surface area (Å²) in [5, 5.41) is 8.68. The van der Waals surface area contributed by atoms with E-state index in [4.69, 9.17) is 15.6 Å². The summed E-state index contributed by atoms with van der Waals surface area (Å²) in [6.07, 6.45) is 4.62. The number of hydrogen-bond acceptors (Lipinski definition) is 4. The molecule has 6 nitrogen and oxygen atoms in total. The van der Waals surface area contributed by atoms with Crippen molar-refractivity contribution in [3.63, 3.8) is 0 Å². The van der Waals surface area contributed by atoms with Crippen LogP contribution in [0.3, 0.4) is 0 Å². The molecule has 6 heteroatoms. The van der Waals surface area contributed by atoms with Gasteiger partial charge in [-0.1, -0.05) is 72.8 Å². The second kappa shape index (κ2) is 11.1. The van der Waals surface area contributed by atoms with Crippen molar-refractivity contribution in [1.29, 1.82) is 0 Å². The minimum atomic E-state index is -0.165. The van der Waals surface area contributed by atoms with Crippen molar-refractivity contribution in [2.24, 2.45) is 10.8 Å². The quantitative estimate of drug-likeness (QED) is 0.326. The molecule has 5 rings (SSSR count). The molecule has 4 aromatic carbocycles. The molecule has 0 unspecified atom stereocenters. The summed E-state index contributed by atoms with van der Waals surface area (Å²) >= 11 is 0. The molecule has 37 heavy (non-hydrogen) atoms. The Morgan fingerprint density at radius 1 is 0.892 bits per heavy atom. The Kier molecular flexibility index (Phi) is 7.28. The molecule has 0 saturated heterocycles. The van der Waals surface area contributed by atoms with Crippen molar-refractivity contribution >= 4 is 34.3 Å². The number of carbonyl (C=O) groups excluding carboxylic acids is 1. The molecule has 0 atom stereocenters. The Morgan fingerprint density at radius 3 is 2.43 bits per heavy atom. The number of urea groups is 1. The van der Waals surface area contributed by atoms with Gasteiger partial charge in [-0.15, -0.1) is 0 Å². The van der Waals surface area contributed by atoms with Crippen LogP contribution in [0.2, 0.25) is 0 Å². The lowest BCUT2D eigenvalue weighted by atomic mass is 10.0. The number of rotatable bonds is 8. The third-order valence-electron chi connectivity index (χ3n) is 6.43. The molecule has 1 aliphatic rings. The van der Waals surface area contributed by atoms with Crippen molar-refractivity contribution in [2.75, 3.05) is 25.1 Å². The summed E-state index contributed by atoms with van der Waals surface area (Å²) in [4.78, 5) is 15.7. The predicted octanol–water partition coefficient (Wildman–Crippen LogP) is 6.06. The Hall–Kier alpha value is -4.42. The maximum Gasteiger partial charge on any atom is 0.345 e. The number of ether oxygens (including phenoxy) is 1. The van der Waals surface area contributed by atoms with Crippen LogP contribution in [0.15, 0.2) is 102 Å². The zero-order valence-corrected chi connectivity index (χ0v) is 20.9. The summed E-state index contributed by atoms with van der Waals surface area (Å²) in [7, 11) is 1.65. The van der Waals surface area contributed by atoms with Gasteiger partial charge >= 0.3 is 6.03 Å². The summed E-state index contributed by atoms with van der Waals surface area (Å²) in [6, 6.07) is 30.2. The summed E-state index contributed by atoms with van der Waals surface area (Å²) < 4.78 is 5.27. The van der Waals surface area contributed by atoms with Crippen molar-refractivity contribution in [1.82, 2.24) is 5.01 Å². The molecular formula is C31H30N4O2. The first kappa shape index (κ1) is 24.3. The van der Waals surface area contributed by atoms with E-state index in [-0.39, 0.29) is 6.03 Å². The number of fused-ring (bicyclic) bond motifs is 2. The van der Waals surface area contributed by atoms with Crippen LogP contribution < -0.4 is 15.4 Å². The lowest BCUT2D eigenvalue weighted by Gasteiger charge is -2.26. The topological polar surface area (TPSA) is 71.2 Å². The van der Waals surface area contributed by atoms with Crippen molar-refractivity contribution < 1.29 is 9.53 Å². The van der Waals surface area contributed by atoms with Crippen molar-refractivity contribution in [3.8, 4) is 5.75 Å². The van der Waals surface area contributed by atoms with Crippen molar-refractivity contribution in [2.45, 2.75) is 13.0 Å². The maximum absolute atomic E-state index is 13.8. The number of para-hydroxylation sites is 1. The number of hydrogen-bond donors (Lipinski definition) is 1. The second-order valence-electron chi connectivity index (χ2n) is 8.92. The summed E-state index contributed by atoms with van der Waals surface area (Å²) in [5.74, 6) is 0.803. The molecule has 0 saturated carbocycles. The van der Waals surface area contributed by atoms with Crippen LogP contribution in [0.25, 0.3) is 16.8 Å². The fraction of sp³-hybridized carbons (Fsp3) is 0.161. The molecule has 0 radical (unpaired) electrons. The van der Waals surface area contributed by atoms with E-state index in [0.29, 0.717) is 26.1 Å². The fourth-order valence-electron chi connectivity index (χ4n) is 4.47. The molecular weight excluding hydrogens is 460 g/mol. The normalized spacial score (nSPS) is 13.6. The number of nitrogens with zero attached hydrogens (tertiary/aromatic N) is 3. The SMILES string of the molecule is COc1ccc(/C=C/C2=NN(CCCN)C(=O)N(Cc3ccc4ccccc4c3)c3ccccc32)cc1. The van der Waals surface area contributed by atoms with E-state index in [0.717, 1.165) is 39.2 Å². The zero-order chi connectivity index (χ0) is 25.6. The van der Waals surface area contributed by atoms with Gasteiger partial charge in [-0.25, -0.2) is 9.80 Å². The molecule has 0 aliphatic carbocycles. The molecule has 0 aromatic heterocycles. The number of hydrazone groups is 1. The summed E-state index contributed by atoms with van der Waals surface area (Å²) in [5.41, 5.74) is 10.3. The van der Waals surface area contributed by atoms with Crippen LogP contribution in [-0.4, -0.2) is 37.0 Å². The number of benzene rings is 4. The highest BCUT2D eigenvalue weighted by Gasteiger charge is 2.29. The minimum absolute atomic E-state index is 0.165. The monoisotopic (exact) mass is 490 g/mol. The fourth-order valence-corrected chi connectivity index (χ4v) is 4.47. The largest absolute Gasteiger partial charge is 0.497 e. The lowest BCUT2D eigenvalue weighted by molar-refractivity contribution is 0.206. The number of carbonyl (C=O) groups is 1. The van der Waals surface area contributed by atoms with Crippen molar-refractivity contribution in [3.05, 3.63) is 114 Å². The average Bonchev–Trinajstić information content (AvgIpc) is 3.05. The number of anilines is 1. The maximum atomic E-state index is 13.8. The molecule has 2 amide bonds. The van der Waals surface area contributed by atoms with Gasteiger partial charge in [0.25, 0.3) is 0 Å². The first-order valence-electron chi connectivity index (χ1n) is 12.4. The summed E-state index contributed by atoms with van der Waals surface area (Å²) in [6.45, 7) is 1.36. The third-order valence-corrected chi connectivity index (χ3v) is 6.43.